The third-order valence-electron chi connectivity index (χ3n) is 4.47. The number of carbonyl (C=O) groups excluding carboxylic acids is 1. The zero-order chi connectivity index (χ0) is 15.8. The Labute approximate surface area is 131 Å². The normalized spacial score (nSPS) is 15.5. The van der Waals surface area contributed by atoms with Gasteiger partial charge in [0.05, 0.1) is 5.56 Å². The summed E-state index contributed by atoms with van der Waals surface area (Å²) in [6.45, 7) is 0.740. The summed E-state index contributed by atoms with van der Waals surface area (Å²) in [6.07, 6.45) is 8.47. The number of nitrogens with one attached hydrogen (secondary N) is 1. The number of carboxylic acids is 1. The topological polar surface area (TPSA) is 66.4 Å². The Balaban J connectivity index is 1.70. The van der Waals surface area contributed by atoms with Crippen molar-refractivity contribution in [1.29, 1.82) is 0 Å². The van der Waals surface area contributed by atoms with Crippen LogP contribution in [0.1, 0.15) is 60.9 Å². The SMILES string of the molecule is O=C(CCc1ccccc1C(=O)O)NCCC1CCCCC1. The zero-order valence-corrected chi connectivity index (χ0v) is 13.0. The first-order valence-corrected chi connectivity index (χ1v) is 8.24. The number of hydrogen-bond acceptors (Lipinski definition) is 2. The Hall–Kier alpha value is -1.84. The summed E-state index contributed by atoms with van der Waals surface area (Å²) in [7, 11) is 0. The van der Waals surface area contributed by atoms with E-state index in [-0.39, 0.29) is 11.5 Å². The standard InChI is InChI=1S/C18H25NO3/c20-17(19-13-12-14-6-2-1-3-7-14)11-10-15-8-4-5-9-16(15)18(21)22/h4-5,8-9,14H,1-3,6-7,10-13H2,(H,19,20)(H,21,22). The maximum absolute atomic E-state index is 11.9. The lowest BCUT2D eigenvalue weighted by Crippen LogP contribution is -2.26. The molecule has 0 aromatic heterocycles. The highest BCUT2D eigenvalue weighted by molar-refractivity contribution is 5.89. The van der Waals surface area contributed by atoms with Crippen molar-refractivity contribution in [2.75, 3.05) is 6.54 Å². The molecular formula is C18H25NO3. The van der Waals surface area contributed by atoms with E-state index in [1.807, 2.05) is 6.07 Å². The Kier molecular flexibility index (Phi) is 6.44. The quantitative estimate of drug-likeness (QED) is 0.811. The molecule has 4 nitrogen and oxygen atoms in total. The summed E-state index contributed by atoms with van der Waals surface area (Å²) in [5.74, 6) is -0.161. The molecule has 1 amide bonds. The van der Waals surface area contributed by atoms with Crippen LogP contribution in [-0.4, -0.2) is 23.5 Å². The molecule has 0 bridgehead atoms. The van der Waals surface area contributed by atoms with Crippen LogP contribution < -0.4 is 5.32 Å². The predicted octanol–water partition coefficient (Wildman–Crippen LogP) is 3.40. The van der Waals surface area contributed by atoms with Crippen molar-refractivity contribution < 1.29 is 14.7 Å². The van der Waals surface area contributed by atoms with Crippen LogP contribution in [0.15, 0.2) is 24.3 Å². The van der Waals surface area contributed by atoms with Gasteiger partial charge in [-0.15, -0.1) is 0 Å². The van der Waals surface area contributed by atoms with E-state index in [1.165, 1.54) is 32.1 Å². The van der Waals surface area contributed by atoms with Gasteiger partial charge in [0.25, 0.3) is 0 Å². The molecule has 1 aliphatic rings. The van der Waals surface area contributed by atoms with Gasteiger partial charge < -0.3 is 10.4 Å². The summed E-state index contributed by atoms with van der Waals surface area (Å²) in [4.78, 5) is 23.0. The van der Waals surface area contributed by atoms with Crippen molar-refractivity contribution in [3.63, 3.8) is 0 Å². The van der Waals surface area contributed by atoms with Crippen LogP contribution in [0.5, 0.6) is 0 Å². The smallest absolute Gasteiger partial charge is 0.335 e. The van der Waals surface area contributed by atoms with Crippen molar-refractivity contribution in [3.8, 4) is 0 Å². The number of amides is 1. The number of aryl methyl sites for hydroxylation is 1. The minimum absolute atomic E-state index is 0.0102. The van der Waals surface area contributed by atoms with Gasteiger partial charge in [-0.25, -0.2) is 4.79 Å². The fraction of sp³-hybridized carbons (Fsp3) is 0.556. The molecule has 22 heavy (non-hydrogen) atoms. The van der Waals surface area contributed by atoms with Gasteiger partial charge in [0.1, 0.15) is 0 Å². The third-order valence-corrected chi connectivity index (χ3v) is 4.47. The first-order valence-electron chi connectivity index (χ1n) is 8.24. The van der Waals surface area contributed by atoms with Gasteiger partial charge in [0.2, 0.25) is 5.91 Å². The number of benzene rings is 1. The number of rotatable bonds is 7. The van der Waals surface area contributed by atoms with Crippen LogP contribution in [0.3, 0.4) is 0 Å². The molecule has 1 aliphatic carbocycles. The Morgan fingerprint density at radius 3 is 2.59 bits per heavy atom. The van der Waals surface area contributed by atoms with E-state index < -0.39 is 5.97 Å². The van der Waals surface area contributed by atoms with Gasteiger partial charge in [-0.05, 0) is 30.4 Å². The van der Waals surface area contributed by atoms with E-state index in [1.54, 1.807) is 18.2 Å². The van der Waals surface area contributed by atoms with Gasteiger partial charge in [0, 0.05) is 13.0 Å². The molecule has 2 rings (SSSR count). The van der Waals surface area contributed by atoms with Crippen LogP contribution in [-0.2, 0) is 11.2 Å². The third kappa shape index (κ3) is 5.17. The number of carbonyl (C=O) groups is 2. The fourth-order valence-electron chi connectivity index (χ4n) is 3.18. The molecule has 0 saturated heterocycles. The largest absolute Gasteiger partial charge is 0.478 e. The minimum Gasteiger partial charge on any atom is -0.478 e. The van der Waals surface area contributed by atoms with Crippen molar-refractivity contribution in [2.24, 2.45) is 5.92 Å². The van der Waals surface area contributed by atoms with E-state index in [2.05, 4.69) is 5.32 Å². The average Bonchev–Trinajstić information content (AvgIpc) is 2.54. The second kappa shape index (κ2) is 8.57. The van der Waals surface area contributed by atoms with Crippen molar-refractivity contribution >= 4 is 11.9 Å². The molecule has 1 aromatic rings. The van der Waals surface area contributed by atoms with E-state index in [0.29, 0.717) is 12.8 Å². The van der Waals surface area contributed by atoms with Crippen LogP contribution in [0.4, 0.5) is 0 Å². The summed E-state index contributed by atoms with van der Waals surface area (Å²) < 4.78 is 0. The molecular weight excluding hydrogens is 278 g/mol. The molecule has 0 aliphatic heterocycles. The van der Waals surface area contributed by atoms with Crippen LogP contribution in [0, 0.1) is 5.92 Å². The van der Waals surface area contributed by atoms with Crippen LogP contribution >= 0.6 is 0 Å². The molecule has 0 atom stereocenters. The molecule has 1 aromatic carbocycles. The molecule has 1 fully saturated rings. The summed E-state index contributed by atoms with van der Waals surface area (Å²) in [5, 5.41) is 12.1. The molecule has 1 saturated carbocycles. The Morgan fingerprint density at radius 2 is 1.86 bits per heavy atom. The monoisotopic (exact) mass is 303 g/mol. The lowest BCUT2D eigenvalue weighted by atomic mass is 9.87. The highest BCUT2D eigenvalue weighted by Crippen LogP contribution is 2.25. The predicted molar refractivity (Wildman–Crippen MR) is 85.9 cm³/mol. The van der Waals surface area contributed by atoms with E-state index in [0.717, 1.165) is 24.4 Å². The minimum atomic E-state index is -0.937. The lowest BCUT2D eigenvalue weighted by Gasteiger charge is -2.21. The van der Waals surface area contributed by atoms with Gasteiger partial charge >= 0.3 is 5.97 Å². The summed E-state index contributed by atoms with van der Waals surface area (Å²) in [6, 6.07) is 6.87. The molecule has 0 heterocycles. The second-order valence-corrected chi connectivity index (χ2v) is 6.10. The van der Waals surface area contributed by atoms with E-state index >= 15 is 0 Å². The molecule has 0 spiro atoms. The average molecular weight is 303 g/mol. The van der Waals surface area contributed by atoms with E-state index in [9.17, 15) is 9.59 Å². The van der Waals surface area contributed by atoms with Gasteiger partial charge in [-0.3, -0.25) is 4.79 Å². The fourth-order valence-corrected chi connectivity index (χ4v) is 3.18. The molecule has 0 unspecified atom stereocenters. The maximum atomic E-state index is 11.9. The van der Waals surface area contributed by atoms with Gasteiger partial charge in [0.15, 0.2) is 0 Å². The molecule has 120 valence electrons. The zero-order valence-electron chi connectivity index (χ0n) is 13.0. The number of hydrogen-bond donors (Lipinski definition) is 2. The Morgan fingerprint density at radius 1 is 1.14 bits per heavy atom. The molecule has 0 radical (unpaired) electrons. The van der Waals surface area contributed by atoms with Crippen molar-refractivity contribution in [1.82, 2.24) is 5.32 Å². The number of aromatic carboxylic acids is 1. The maximum Gasteiger partial charge on any atom is 0.335 e. The van der Waals surface area contributed by atoms with Gasteiger partial charge in [-0.2, -0.15) is 0 Å². The van der Waals surface area contributed by atoms with Crippen LogP contribution in [0.2, 0.25) is 0 Å². The van der Waals surface area contributed by atoms with Crippen LogP contribution in [0.25, 0.3) is 0 Å². The van der Waals surface area contributed by atoms with Gasteiger partial charge in [-0.1, -0.05) is 50.3 Å². The Bertz CT molecular complexity index is 507. The first kappa shape index (κ1) is 16.5. The second-order valence-electron chi connectivity index (χ2n) is 6.10. The first-order chi connectivity index (χ1) is 10.7. The summed E-state index contributed by atoms with van der Waals surface area (Å²) >= 11 is 0. The summed E-state index contributed by atoms with van der Waals surface area (Å²) in [5.41, 5.74) is 1.01. The molecule has 2 N–H and O–H groups in total. The highest BCUT2D eigenvalue weighted by atomic mass is 16.4. The van der Waals surface area contributed by atoms with E-state index in [4.69, 9.17) is 5.11 Å². The highest BCUT2D eigenvalue weighted by Gasteiger charge is 2.14. The number of carboxylic acid groups (broad SMARTS) is 1. The van der Waals surface area contributed by atoms with Crippen molar-refractivity contribution in [3.05, 3.63) is 35.4 Å². The molecule has 4 heteroatoms. The lowest BCUT2D eigenvalue weighted by molar-refractivity contribution is -0.121. The van der Waals surface area contributed by atoms with Crippen molar-refractivity contribution in [2.45, 2.75) is 51.4 Å².